The van der Waals surface area contributed by atoms with Gasteiger partial charge in [0, 0.05) is 44.5 Å². The minimum atomic E-state index is -0.718. The molecule has 2 aliphatic heterocycles. The van der Waals surface area contributed by atoms with E-state index in [1.165, 1.54) is 16.6 Å². The van der Waals surface area contributed by atoms with Crippen molar-refractivity contribution in [1.29, 1.82) is 0 Å². The number of imidazole rings is 1. The van der Waals surface area contributed by atoms with Gasteiger partial charge in [-0.25, -0.2) is 13.8 Å². The van der Waals surface area contributed by atoms with Gasteiger partial charge in [0.25, 0.3) is 0 Å². The number of benzene rings is 1. The van der Waals surface area contributed by atoms with Crippen LogP contribution < -0.4 is 16.0 Å². The van der Waals surface area contributed by atoms with Gasteiger partial charge in [0.05, 0.1) is 59.4 Å². The lowest BCUT2D eigenvalue weighted by Gasteiger charge is -2.40. The van der Waals surface area contributed by atoms with Gasteiger partial charge >= 0.3 is 0 Å². The van der Waals surface area contributed by atoms with Crippen LogP contribution in [0.3, 0.4) is 0 Å². The fourth-order valence-corrected chi connectivity index (χ4v) is 5.50. The topological polar surface area (TPSA) is 123 Å². The first kappa shape index (κ1) is 27.5. The van der Waals surface area contributed by atoms with E-state index in [1.807, 2.05) is 13.0 Å². The molecule has 4 aromatic rings. The second-order valence-corrected chi connectivity index (χ2v) is 10.7. The highest BCUT2D eigenvalue weighted by Crippen LogP contribution is 2.32. The molecule has 0 amide bonds. The van der Waals surface area contributed by atoms with Crippen LogP contribution in [0.4, 0.5) is 26.1 Å². The molecule has 3 atom stereocenters. The van der Waals surface area contributed by atoms with Gasteiger partial charge < -0.3 is 30.5 Å². The van der Waals surface area contributed by atoms with Crippen LogP contribution in [0.2, 0.25) is 0 Å². The molecule has 6 rings (SSSR count). The molecule has 5 heterocycles. The molecule has 12 heteroatoms. The summed E-state index contributed by atoms with van der Waals surface area (Å²) in [5, 5.41) is 18.1. The average Bonchev–Trinajstić information content (AvgIpc) is 3.37. The number of nitrogens with two attached hydrogens (primary N) is 1. The summed E-state index contributed by atoms with van der Waals surface area (Å²) in [7, 11) is 0. The number of nitrogens with zero attached hydrogens (tertiary/aromatic N) is 5. The lowest BCUT2D eigenvalue weighted by atomic mass is 9.92. The van der Waals surface area contributed by atoms with E-state index in [1.54, 1.807) is 30.7 Å². The number of hydrogen-bond acceptors (Lipinski definition) is 9. The van der Waals surface area contributed by atoms with Gasteiger partial charge in [-0.1, -0.05) is 6.92 Å². The highest BCUT2D eigenvalue weighted by Gasteiger charge is 2.32. The third-order valence-corrected chi connectivity index (χ3v) is 7.74. The predicted octanol–water partition coefficient (Wildman–Crippen LogP) is 3.65. The van der Waals surface area contributed by atoms with Crippen molar-refractivity contribution in [2.75, 3.05) is 36.5 Å². The normalized spacial score (nSPS) is 21.9. The van der Waals surface area contributed by atoms with E-state index >= 15 is 8.78 Å². The summed E-state index contributed by atoms with van der Waals surface area (Å²) in [6.45, 7) is 4.43. The van der Waals surface area contributed by atoms with E-state index in [2.05, 4.69) is 25.3 Å². The molecule has 3 unspecified atom stereocenters. The molecule has 2 fully saturated rings. The summed E-state index contributed by atoms with van der Waals surface area (Å²) in [5.74, 6) is -1.10. The summed E-state index contributed by atoms with van der Waals surface area (Å²) in [6.07, 6.45) is 5.96. The van der Waals surface area contributed by atoms with Gasteiger partial charge in [-0.2, -0.15) is 9.61 Å². The maximum absolute atomic E-state index is 15.2. The molecule has 0 saturated carbocycles. The number of fused-ring (bicyclic) bond motifs is 1. The van der Waals surface area contributed by atoms with E-state index in [4.69, 9.17) is 15.2 Å². The number of halogens is 2. The molecule has 1 aromatic carbocycles. The second kappa shape index (κ2) is 11.6. The van der Waals surface area contributed by atoms with Crippen LogP contribution in [-0.4, -0.2) is 69.2 Å². The molecule has 2 saturated heterocycles. The van der Waals surface area contributed by atoms with Gasteiger partial charge in [0.1, 0.15) is 11.6 Å². The minimum Gasteiger partial charge on any atom is -0.391 e. The summed E-state index contributed by atoms with van der Waals surface area (Å²) < 4.78 is 43.2. The molecule has 2 aliphatic rings. The fraction of sp³-hybridized carbons (Fsp3) is 0.414. The van der Waals surface area contributed by atoms with Crippen LogP contribution in [0.1, 0.15) is 25.3 Å². The highest BCUT2D eigenvalue weighted by molar-refractivity contribution is 5.74. The Morgan fingerprint density at radius 2 is 1.90 bits per heavy atom. The molecule has 0 aliphatic carbocycles. The Kier molecular flexibility index (Phi) is 7.80. The zero-order valence-electron chi connectivity index (χ0n) is 22.7. The second-order valence-electron chi connectivity index (χ2n) is 10.7. The average molecular weight is 566 g/mol. The molecule has 0 spiro atoms. The summed E-state index contributed by atoms with van der Waals surface area (Å²) >= 11 is 0. The number of pyridine rings is 1. The molecule has 216 valence electrons. The molecule has 3 aromatic heterocycles. The lowest BCUT2D eigenvalue weighted by molar-refractivity contribution is -0.0391. The largest absolute Gasteiger partial charge is 0.391 e. The monoisotopic (exact) mass is 565 g/mol. The first-order valence-electron chi connectivity index (χ1n) is 13.8. The molecular formula is C29H33F2N7O3. The molecular weight excluding hydrogens is 532 g/mol. The zero-order chi connectivity index (χ0) is 28.5. The van der Waals surface area contributed by atoms with Crippen LogP contribution in [0.25, 0.3) is 16.8 Å². The van der Waals surface area contributed by atoms with E-state index in [9.17, 15) is 5.11 Å². The van der Waals surface area contributed by atoms with Gasteiger partial charge in [-0.3, -0.25) is 4.98 Å². The molecule has 0 radical (unpaired) electrons. The Labute approximate surface area is 236 Å². The van der Waals surface area contributed by atoms with Gasteiger partial charge in [-0.15, -0.1) is 0 Å². The van der Waals surface area contributed by atoms with Crippen molar-refractivity contribution in [2.24, 2.45) is 11.7 Å². The van der Waals surface area contributed by atoms with E-state index < -0.39 is 17.7 Å². The summed E-state index contributed by atoms with van der Waals surface area (Å²) in [4.78, 5) is 10.8. The highest BCUT2D eigenvalue weighted by atomic mass is 19.1. The van der Waals surface area contributed by atoms with Gasteiger partial charge in [0.2, 0.25) is 5.95 Å². The van der Waals surface area contributed by atoms with Gasteiger partial charge in [-0.05, 0) is 48.7 Å². The summed E-state index contributed by atoms with van der Waals surface area (Å²) in [6, 6.07) is 7.34. The van der Waals surface area contributed by atoms with Crippen molar-refractivity contribution in [3.05, 3.63) is 66.1 Å². The number of aliphatic hydroxyl groups is 1. The third kappa shape index (κ3) is 5.73. The Bertz CT molecular complexity index is 1490. The maximum atomic E-state index is 15.2. The predicted molar refractivity (Wildman–Crippen MR) is 150 cm³/mol. The van der Waals surface area contributed by atoms with Crippen molar-refractivity contribution in [3.63, 3.8) is 0 Å². The SMILES string of the molecule is CC1CN(c2ccncc2Nc2ncc3ccc(-c4c(F)cc(COC5CCOCC5)cc4F)nn23)CC(N)C1O. The van der Waals surface area contributed by atoms with Crippen LogP contribution in [0.5, 0.6) is 0 Å². The van der Waals surface area contributed by atoms with Gasteiger partial charge in [0.15, 0.2) is 0 Å². The molecule has 10 nitrogen and oxygen atoms in total. The van der Waals surface area contributed by atoms with Crippen molar-refractivity contribution in [1.82, 2.24) is 19.6 Å². The van der Waals surface area contributed by atoms with Crippen molar-refractivity contribution in [2.45, 2.75) is 44.6 Å². The van der Waals surface area contributed by atoms with E-state index in [-0.39, 0.29) is 35.9 Å². The molecule has 4 N–H and O–H groups in total. The first-order chi connectivity index (χ1) is 19.9. The Morgan fingerprint density at radius 1 is 1.12 bits per heavy atom. The first-order valence-corrected chi connectivity index (χ1v) is 13.8. The quantitative estimate of drug-likeness (QED) is 0.308. The number of ether oxygens (including phenoxy) is 2. The Hall–Kier alpha value is -3.71. The smallest absolute Gasteiger partial charge is 0.229 e. The lowest BCUT2D eigenvalue weighted by Crippen LogP contribution is -2.55. The number of aliphatic hydroxyl groups excluding tert-OH is 1. The van der Waals surface area contributed by atoms with E-state index in [0.29, 0.717) is 49.0 Å². The fourth-order valence-electron chi connectivity index (χ4n) is 5.50. The number of nitrogens with one attached hydrogen (secondary N) is 1. The number of aromatic nitrogens is 4. The number of rotatable bonds is 7. The van der Waals surface area contributed by atoms with Crippen molar-refractivity contribution < 1.29 is 23.4 Å². The van der Waals surface area contributed by atoms with E-state index in [0.717, 1.165) is 18.5 Å². The van der Waals surface area contributed by atoms with Crippen molar-refractivity contribution >= 4 is 22.8 Å². The standard InChI is InChI=1S/C29H33F2N7O3/c1-17-14-37(15-23(32)28(17)39)26-4-7-33-13-25(26)35-29-34-12-19-2-3-24(36-38(19)29)27-21(30)10-18(11-22(27)31)16-41-20-5-8-40-9-6-20/h2-4,7,10-13,17,20,23,28,39H,5-6,8-9,14-16,32H2,1H3,(H,34,35). The van der Waals surface area contributed by atoms with Crippen LogP contribution in [-0.2, 0) is 16.1 Å². The van der Waals surface area contributed by atoms with Crippen molar-refractivity contribution in [3.8, 4) is 11.3 Å². The molecule has 0 bridgehead atoms. The Balaban J connectivity index is 1.25. The maximum Gasteiger partial charge on any atom is 0.229 e. The zero-order valence-corrected chi connectivity index (χ0v) is 22.7. The summed E-state index contributed by atoms with van der Waals surface area (Å²) in [5.41, 5.74) is 8.66. The Morgan fingerprint density at radius 3 is 2.66 bits per heavy atom. The third-order valence-electron chi connectivity index (χ3n) is 7.74. The van der Waals surface area contributed by atoms with Crippen LogP contribution >= 0.6 is 0 Å². The van der Waals surface area contributed by atoms with Crippen LogP contribution in [0, 0.1) is 17.6 Å². The minimum absolute atomic E-state index is 0.0131. The molecule has 41 heavy (non-hydrogen) atoms. The number of piperidine rings is 1. The van der Waals surface area contributed by atoms with Crippen LogP contribution in [0.15, 0.2) is 48.9 Å². The number of anilines is 3. The number of hydrogen-bond donors (Lipinski definition) is 3.